The summed E-state index contributed by atoms with van der Waals surface area (Å²) in [7, 11) is 1.46. The molecular weight excluding hydrogens is 436 g/mol. The van der Waals surface area contributed by atoms with Gasteiger partial charge in [-0.25, -0.2) is 8.78 Å². The largest absolute Gasteiger partial charge is 0.489 e. The zero-order chi connectivity index (χ0) is 22.1. The zero-order valence-corrected chi connectivity index (χ0v) is 17.8. The lowest BCUT2D eigenvalue weighted by atomic mass is 9.89. The third-order valence-electron chi connectivity index (χ3n) is 6.49. The second kappa shape index (κ2) is 6.94. The van der Waals surface area contributed by atoms with Crippen LogP contribution >= 0.6 is 11.6 Å². The second-order valence-electron chi connectivity index (χ2n) is 8.35. The number of nitrogens with one attached hydrogen (secondary N) is 1. The maximum Gasteiger partial charge on any atom is 0.251 e. The number of fused-ring (bicyclic) bond motifs is 4. The Balaban J connectivity index is 1.58. The van der Waals surface area contributed by atoms with Crippen LogP contribution in [0.1, 0.15) is 45.5 Å². The molecule has 0 saturated heterocycles. The van der Waals surface area contributed by atoms with Crippen LogP contribution in [0.2, 0.25) is 5.02 Å². The first-order valence-electron chi connectivity index (χ1n) is 10.5. The lowest BCUT2D eigenvalue weighted by Crippen LogP contribution is -2.20. The Morgan fingerprint density at radius 3 is 2.62 bits per heavy atom. The fraction of sp³-hybridized carbons (Fsp3) is 0.240. The number of amides is 1. The number of hydrogen-bond donors (Lipinski definition) is 1. The first-order valence-corrected chi connectivity index (χ1v) is 10.8. The Morgan fingerprint density at radius 1 is 1.09 bits per heavy atom. The molecule has 2 heterocycles. The first kappa shape index (κ1) is 19.6. The molecule has 0 bridgehead atoms. The van der Waals surface area contributed by atoms with E-state index in [1.165, 1.54) is 19.2 Å². The molecule has 6 rings (SSSR count). The van der Waals surface area contributed by atoms with E-state index in [2.05, 4.69) is 5.32 Å². The van der Waals surface area contributed by atoms with Crippen LogP contribution in [0.25, 0.3) is 11.1 Å². The molecule has 1 saturated carbocycles. The number of carbonyl (C=O) groups is 1. The van der Waals surface area contributed by atoms with Crippen molar-refractivity contribution in [3.63, 3.8) is 0 Å². The van der Waals surface area contributed by atoms with Gasteiger partial charge in [0.15, 0.2) is 0 Å². The molecule has 162 valence electrons. The molecule has 32 heavy (non-hydrogen) atoms. The minimum absolute atomic E-state index is 0.00249. The highest BCUT2D eigenvalue weighted by Gasteiger charge is 2.51. The van der Waals surface area contributed by atoms with Gasteiger partial charge in [0, 0.05) is 47.7 Å². The van der Waals surface area contributed by atoms with Crippen LogP contribution in [0.5, 0.6) is 11.5 Å². The molecule has 3 atom stereocenters. The number of carbonyl (C=O) groups excluding carboxylic acids is 1. The van der Waals surface area contributed by atoms with Gasteiger partial charge in [-0.3, -0.25) is 4.79 Å². The predicted octanol–water partition coefficient (Wildman–Crippen LogP) is 5.57. The minimum Gasteiger partial charge on any atom is -0.489 e. The Labute approximate surface area is 188 Å². The van der Waals surface area contributed by atoms with E-state index in [0.29, 0.717) is 29.0 Å². The summed E-state index contributed by atoms with van der Waals surface area (Å²) in [5.74, 6) is -1.18. The second-order valence-corrected chi connectivity index (χ2v) is 8.73. The Hall–Kier alpha value is -3.12. The summed E-state index contributed by atoms with van der Waals surface area (Å²) in [6, 6.07) is 12.3. The van der Waals surface area contributed by atoms with Crippen LogP contribution in [0.4, 0.5) is 8.78 Å². The summed E-state index contributed by atoms with van der Waals surface area (Å²) in [5, 5.41) is 2.31. The van der Waals surface area contributed by atoms with Crippen LogP contribution in [0.15, 0.2) is 42.5 Å². The summed E-state index contributed by atoms with van der Waals surface area (Å²) in [5.41, 5.74) is 2.16. The van der Waals surface area contributed by atoms with Crippen LogP contribution in [0.3, 0.4) is 0 Å². The Bertz CT molecular complexity index is 1290. The van der Waals surface area contributed by atoms with E-state index in [-0.39, 0.29) is 39.8 Å². The molecule has 3 unspecified atom stereocenters. The van der Waals surface area contributed by atoms with Gasteiger partial charge in [-0.05, 0) is 18.1 Å². The molecule has 1 fully saturated rings. The molecule has 1 aliphatic carbocycles. The predicted molar refractivity (Wildman–Crippen MR) is 115 cm³/mol. The maximum atomic E-state index is 16.0. The molecule has 3 aliphatic rings. The third kappa shape index (κ3) is 2.75. The van der Waals surface area contributed by atoms with Gasteiger partial charge in [0.25, 0.3) is 5.91 Å². The van der Waals surface area contributed by atoms with E-state index in [1.54, 1.807) is 0 Å². The number of hydrogen-bond acceptors (Lipinski definition) is 3. The summed E-state index contributed by atoms with van der Waals surface area (Å²) in [4.78, 5) is 12.7. The standard InChI is InChI=1S/C25H18ClF2NO3/c1-29-25(30)14-9-19-20(12-8-17(12)32-19)24(28)22(14)21-13-7-16(11-5-3-2-4-6-11)31-18(13)10-15(27)23(21)26/h2-6,9-10,12,16-17H,7-8H2,1H3,(H,29,30). The molecule has 3 aromatic rings. The van der Waals surface area contributed by atoms with E-state index in [4.69, 9.17) is 21.1 Å². The van der Waals surface area contributed by atoms with Crippen molar-refractivity contribution in [2.75, 3.05) is 7.05 Å². The SMILES string of the molecule is CNC(=O)c1cc2c(c(F)c1-c1c(Cl)c(F)cc3c1CC(c1ccccc1)O3)C1CC1O2. The zero-order valence-electron chi connectivity index (χ0n) is 17.0. The smallest absolute Gasteiger partial charge is 0.251 e. The normalized spacial score (nSPS) is 21.8. The molecular formula is C25H18ClF2NO3. The minimum atomic E-state index is -0.725. The van der Waals surface area contributed by atoms with Gasteiger partial charge in [0.05, 0.1) is 10.6 Å². The van der Waals surface area contributed by atoms with Gasteiger partial charge >= 0.3 is 0 Å². The molecule has 3 aromatic carbocycles. The highest BCUT2D eigenvalue weighted by atomic mass is 35.5. The summed E-state index contributed by atoms with van der Waals surface area (Å²) in [6.07, 6.45) is 0.685. The number of rotatable bonds is 3. The van der Waals surface area contributed by atoms with Gasteiger partial charge in [-0.2, -0.15) is 0 Å². The summed E-state index contributed by atoms with van der Waals surface area (Å²) < 4.78 is 42.7. The molecule has 4 nitrogen and oxygen atoms in total. The Morgan fingerprint density at radius 2 is 1.88 bits per heavy atom. The van der Waals surface area contributed by atoms with Crippen LogP contribution in [0, 0.1) is 11.6 Å². The number of ether oxygens (including phenoxy) is 2. The van der Waals surface area contributed by atoms with Gasteiger partial charge in [-0.1, -0.05) is 41.9 Å². The fourth-order valence-electron chi connectivity index (χ4n) is 4.86. The first-order chi connectivity index (χ1) is 15.5. The van der Waals surface area contributed by atoms with Crippen LogP contribution in [-0.4, -0.2) is 19.1 Å². The van der Waals surface area contributed by atoms with E-state index >= 15 is 4.39 Å². The van der Waals surface area contributed by atoms with E-state index in [9.17, 15) is 9.18 Å². The van der Waals surface area contributed by atoms with Crippen molar-refractivity contribution in [1.29, 1.82) is 0 Å². The lowest BCUT2D eigenvalue weighted by Gasteiger charge is -2.18. The fourth-order valence-corrected chi connectivity index (χ4v) is 5.12. The van der Waals surface area contributed by atoms with Crippen molar-refractivity contribution >= 4 is 17.5 Å². The number of halogens is 3. The maximum absolute atomic E-state index is 16.0. The Kier molecular flexibility index (Phi) is 4.24. The molecule has 1 N–H and O–H groups in total. The molecule has 0 radical (unpaired) electrons. The average molecular weight is 454 g/mol. The monoisotopic (exact) mass is 453 g/mol. The van der Waals surface area contributed by atoms with Gasteiger partial charge < -0.3 is 14.8 Å². The third-order valence-corrected chi connectivity index (χ3v) is 6.85. The molecule has 0 spiro atoms. The lowest BCUT2D eigenvalue weighted by molar-refractivity contribution is 0.0963. The van der Waals surface area contributed by atoms with Crippen LogP contribution < -0.4 is 14.8 Å². The molecule has 1 amide bonds. The van der Waals surface area contributed by atoms with Gasteiger partial charge in [0.2, 0.25) is 0 Å². The van der Waals surface area contributed by atoms with Crippen molar-refractivity contribution in [1.82, 2.24) is 5.32 Å². The molecule has 7 heteroatoms. The van der Waals surface area contributed by atoms with Gasteiger partial charge in [-0.15, -0.1) is 0 Å². The quantitative estimate of drug-likeness (QED) is 0.564. The molecule has 2 aliphatic heterocycles. The molecule has 0 aromatic heterocycles. The van der Waals surface area contributed by atoms with E-state index < -0.39 is 17.5 Å². The van der Waals surface area contributed by atoms with Crippen molar-refractivity contribution < 1.29 is 23.0 Å². The van der Waals surface area contributed by atoms with Crippen molar-refractivity contribution in [3.8, 4) is 22.6 Å². The van der Waals surface area contributed by atoms with Crippen LogP contribution in [-0.2, 0) is 6.42 Å². The van der Waals surface area contributed by atoms with E-state index in [0.717, 1.165) is 12.0 Å². The van der Waals surface area contributed by atoms with Crippen molar-refractivity contribution in [2.45, 2.75) is 31.0 Å². The van der Waals surface area contributed by atoms with Gasteiger partial charge in [0.1, 0.15) is 35.3 Å². The summed E-state index contributed by atoms with van der Waals surface area (Å²) in [6.45, 7) is 0. The number of benzene rings is 3. The summed E-state index contributed by atoms with van der Waals surface area (Å²) >= 11 is 6.43. The average Bonchev–Trinajstić information content (AvgIpc) is 3.26. The van der Waals surface area contributed by atoms with E-state index in [1.807, 2.05) is 30.3 Å². The highest BCUT2D eigenvalue weighted by Crippen LogP contribution is 2.57. The topological polar surface area (TPSA) is 47.6 Å². The highest BCUT2D eigenvalue weighted by molar-refractivity contribution is 6.34. The van der Waals surface area contributed by atoms with Crippen molar-refractivity contribution in [3.05, 3.63) is 81.4 Å². The van der Waals surface area contributed by atoms with Crippen molar-refractivity contribution in [2.24, 2.45) is 0 Å².